The Labute approximate surface area is 184 Å². The van der Waals surface area contributed by atoms with E-state index < -0.39 is 11.9 Å². The summed E-state index contributed by atoms with van der Waals surface area (Å²) in [6.07, 6.45) is 3.26. The van der Waals surface area contributed by atoms with E-state index in [9.17, 15) is 19.8 Å². The number of hydrogen-bond donors (Lipinski definition) is 5. The highest BCUT2D eigenvalue weighted by Gasteiger charge is 2.30. The Bertz CT molecular complexity index is 1410. The fourth-order valence-corrected chi connectivity index (χ4v) is 4.47. The van der Waals surface area contributed by atoms with Crippen molar-refractivity contribution >= 4 is 56.9 Å². The van der Waals surface area contributed by atoms with Gasteiger partial charge < -0.3 is 25.2 Å². The molecular formula is C22H13Cl2N3O4. The van der Waals surface area contributed by atoms with Gasteiger partial charge in [-0.1, -0.05) is 47.5 Å². The van der Waals surface area contributed by atoms with E-state index in [1.165, 1.54) is 0 Å². The van der Waals surface area contributed by atoms with Gasteiger partial charge in [-0.15, -0.1) is 0 Å². The van der Waals surface area contributed by atoms with Crippen LogP contribution in [0.25, 0.3) is 44.1 Å². The molecule has 0 radical (unpaired) electrons. The van der Waals surface area contributed by atoms with E-state index in [4.69, 9.17) is 23.2 Å². The van der Waals surface area contributed by atoms with Gasteiger partial charge in [-0.2, -0.15) is 0 Å². The lowest BCUT2D eigenvalue weighted by atomic mass is 9.94. The number of carboxylic acids is 2. The number of para-hydroxylation sites is 2. The number of aromatic amines is 3. The Kier molecular flexibility index (Phi) is 4.32. The van der Waals surface area contributed by atoms with Gasteiger partial charge in [-0.05, 0) is 12.1 Å². The van der Waals surface area contributed by atoms with Gasteiger partial charge in [0.2, 0.25) is 0 Å². The van der Waals surface area contributed by atoms with E-state index in [-0.39, 0.29) is 22.5 Å². The highest BCUT2D eigenvalue weighted by atomic mass is 35.5. The molecule has 0 atom stereocenters. The maximum atomic E-state index is 12.1. The molecule has 31 heavy (non-hydrogen) atoms. The second-order valence-electron chi connectivity index (χ2n) is 6.96. The van der Waals surface area contributed by atoms with Gasteiger partial charge in [0.05, 0.1) is 21.1 Å². The zero-order valence-electron chi connectivity index (χ0n) is 15.6. The number of nitrogens with one attached hydrogen (secondary N) is 3. The molecule has 0 amide bonds. The summed E-state index contributed by atoms with van der Waals surface area (Å²) in [6, 6.07) is 10.5. The van der Waals surface area contributed by atoms with Crippen molar-refractivity contribution in [2.45, 2.75) is 0 Å². The Balaban J connectivity index is 1.94. The fourth-order valence-electron chi connectivity index (χ4n) is 4.01. The van der Waals surface area contributed by atoms with Gasteiger partial charge in [-0.25, -0.2) is 9.59 Å². The third-order valence-electron chi connectivity index (χ3n) is 5.30. The summed E-state index contributed by atoms with van der Waals surface area (Å²) in [6.45, 7) is 0. The minimum Gasteiger partial charge on any atom is -0.477 e. The van der Waals surface area contributed by atoms with Crippen LogP contribution in [0.5, 0.6) is 0 Å². The first-order valence-electron chi connectivity index (χ1n) is 9.13. The molecule has 7 nitrogen and oxygen atoms in total. The van der Waals surface area contributed by atoms with Crippen molar-refractivity contribution < 1.29 is 19.8 Å². The van der Waals surface area contributed by atoms with Gasteiger partial charge in [0.1, 0.15) is 11.4 Å². The molecule has 0 fully saturated rings. The summed E-state index contributed by atoms with van der Waals surface area (Å²) < 4.78 is 0. The van der Waals surface area contributed by atoms with E-state index in [0.717, 1.165) is 0 Å². The number of halogens is 2. The standard InChI is InChI=1S/C22H13Cl2N3O4/c23-13-5-1-3-9-11(7-25-17(9)13)15-16(20(22(30)31)27-19(15)21(28)29)12-8-26-18-10(12)4-2-6-14(18)24/h1-8,25-27H,(H,28,29)(H,30,31). The largest absolute Gasteiger partial charge is 0.477 e. The van der Waals surface area contributed by atoms with Gasteiger partial charge in [0.15, 0.2) is 0 Å². The van der Waals surface area contributed by atoms with Crippen molar-refractivity contribution in [3.63, 3.8) is 0 Å². The molecule has 0 saturated heterocycles. The fraction of sp³-hybridized carbons (Fsp3) is 0. The number of hydrogen-bond acceptors (Lipinski definition) is 2. The van der Waals surface area contributed by atoms with E-state index >= 15 is 0 Å². The highest BCUT2D eigenvalue weighted by molar-refractivity contribution is 6.36. The number of benzene rings is 2. The Morgan fingerprint density at radius 3 is 1.52 bits per heavy atom. The van der Waals surface area contributed by atoms with E-state index in [1.54, 1.807) is 48.8 Å². The molecule has 0 spiro atoms. The monoisotopic (exact) mass is 453 g/mol. The lowest BCUT2D eigenvalue weighted by Gasteiger charge is -2.06. The van der Waals surface area contributed by atoms with Gasteiger partial charge in [-0.3, -0.25) is 0 Å². The zero-order valence-corrected chi connectivity index (χ0v) is 17.1. The summed E-state index contributed by atoms with van der Waals surface area (Å²) in [5.74, 6) is -2.56. The molecule has 0 aliphatic carbocycles. The first kappa shape index (κ1) is 19.3. The zero-order chi connectivity index (χ0) is 21.9. The maximum Gasteiger partial charge on any atom is 0.352 e. The van der Waals surface area contributed by atoms with Crippen molar-refractivity contribution in [1.29, 1.82) is 0 Å². The van der Waals surface area contributed by atoms with Crippen LogP contribution in [-0.4, -0.2) is 37.1 Å². The summed E-state index contributed by atoms with van der Waals surface area (Å²) in [5, 5.41) is 22.0. The molecule has 9 heteroatoms. The Hall–Kier alpha value is -3.68. The third kappa shape index (κ3) is 2.82. The maximum absolute atomic E-state index is 12.1. The van der Waals surface area contributed by atoms with Crippen LogP contribution in [0.3, 0.4) is 0 Å². The molecular weight excluding hydrogens is 441 g/mol. The van der Waals surface area contributed by atoms with Crippen molar-refractivity contribution in [3.8, 4) is 22.3 Å². The van der Waals surface area contributed by atoms with E-state index in [2.05, 4.69) is 15.0 Å². The minimum atomic E-state index is -1.28. The molecule has 0 bridgehead atoms. The molecule has 0 aliphatic heterocycles. The predicted molar refractivity (Wildman–Crippen MR) is 119 cm³/mol. The van der Waals surface area contributed by atoms with Crippen LogP contribution in [0.2, 0.25) is 10.0 Å². The second-order valence-corrected chi connectivity index (χ2v) is 7.78. The molecule has 0 unspecified atom stereocenters. The molecule has 3 heterocycles. The molecule has 0 saturated carbocycles. The van der Waals surface area contributed by atoms with E-state index in [1.807, 2.05) is 0 Å². The number of carboxylic acid groups (broad SMARTS) is 2. The summed E-state index contributed by atoms with van der Waals surface area (Å²) in [7, 11) is 0. The predicted octanol–water partition coefficient (Wildman–Crippen LogP) is 6.01. The molecule has 5 rings (SSSR count). The van der Waals surface area contributed by atoms with Crippen LogP contribution in [0, 0.1) is 0 Å². The van der Waals surface area contributed by atoms with E-state index in [0.29, 0.717) is 43.0 Å². The van der Waals surface area contributed by atoms with Crippen LogP contribution < -0.4 is 0 Å². The summed E-state index contributed by atoms with van der Waals surface area (Å²) >= 11 is 12.6. The van der Waals surface area contributed by atoms with Crippen LogP contribution >= 0.6 is 23.2 Å². The van der Waals surface area contributed by atoms with Crippen LogP contribution in [0.4, 0.5) is 0 Å². The molecule has 5 aromatic rings. The number of aromatic nitrogens is 3. The third-order valence-corrected chi connectivity index (χ3v) is 5.93. The smallest absolute Gasteiger partial charge is 0.352 e. The number of carbonyl (C=O) groups is 2. The van der Waals surface area contributed by atoms with Gasteiger partial charge >= 0.3 is 11.9 Å². The van der Waals surface area contributed by atoms with Gasteiger partial charge in [0, 0.05) is 45.4 Å². The average Bonchev–Trinajstić information content (AvgIpc) is 3.42. The quantitative estimate of drug-likeness (QED) is 0.228. The van der Waals surface area contributed by atoms with Crippen molar-refractivity contribution in [3.05, 3.63) is 70.2 Å². The Morgan fingerprint density at radius 2 is 1.13 bits per heavy atom. The molecule has 0 aliphatic rings. The lowest BCUT2D eigenvalue weighted by molar-refractivity contribution is 0.0690. The topological polar surface area (TPSA) is 122 Å². The number of rotatable bonds is 4. The summed E-state index contributed by atoms with van der Waals surface area (Å²) in [5.41, 5.74) is 2.32. The molecule has 5 N–H and O–H groups in total. The number of fused-ring (bicyclic) bond motifs is 2. The molecule has 2 aromatic carbocycles. The van der Waals surface area contributed by atoms with Crippen molar-refractivity contribution in [2.24, 2.45) is 0 Å². The van der Waals surface area contributed by atoms with Gasteiger partial charge in [0.25, 0.3) is 0 Å². The SMILES string of the molecule is O=C(O)c1[nH]c(C(=O)O)c(-c2c[nH]c3c(Cl)cccc23)c1-c1c[nH]c2c(Cl)cccc12. The van der Waals surface area contributed by atoms with Crippen LogP contribution in [0.15, 0.2) is 48.8 Å². The lowest BCUT2D eigenvalue weighted by Crippen LogP contribution is -2.01. The van der Waals surface area contributed by atoms with Crippen LogP contribution in [-0.2, 0) is 0 Å². The minimum absolute atomic E-state index is 0.232. The number of aromatic carboxylic acids is 2. The van der Waals surface area contributed by atoms with Crippen LogP contribution in [0.1, 0.15) is 21.0 Å². The van der Waals surface area contributed by atoms with Crippen molar-refractivity contribution in [1.82, 2.24) is 15.0 Å². The molecule has 154 valence electrons. The first-order chi connectivity index (χ1) is 14.9. The number of H-pyrrole nitrogens is 3. The highest BCUT2D eigenvalue weighted by Crippen LogP contribution is 2.44. The molecule has 3 aromatic heterocycles. The second kappa shape index (κ2) is 6.94. The Morgan fingerprint density at radius 1 is 0.710 bits per heavy atom. The first-order valence-corrected chi connectivity index (χ1v) is 9.88. The average molecular weight is 454 g/mol. The summed E-state index contributed by atoms with van der Waals surface area (Å²) in [4.78, 5) is 32.9. The van der Waals surface area contributed by atoms with Crippen molar-refractivity contribution in [2.75, 3.05) is 0 Å². The normalized spacial score (nSPS) is 11.4.